The topological polar surface area (TPSA) is 207 Å². The van der Waals surface area contributed by atoms with Gasteiger partial charge in [0, 0.05) is 69.5 Å². The number of rotatable bonds is 12. The molecule has 7 rings (SSSR count). The molecule has 1 unspecified atom stereocenters. The van der Waals surface area contributed by atoms with E-state index in [2.05, 4.69) is 36.0 Å². The third kappa shape index (κ3) is 9.28. The van der Waals surface area contributed by atoms with Gasteiger partial charge in [0.1, 0.15) is 11.7 Å². The highest BCUT2D eigenvalue weighted by molar-refractivity contribution is 6.05. The largest absolute Gasteiger partial charge is 0.418 e. The monoisotopic (exact) mass is 818 g/mol. The highest BCUT2D eigenvalue weighted by Gasteiger charge is 2.40. The molecule has 3 fully saturated rings. The minimum atomic E-state index is -4.86. The maximum Gasteiger partial charge on any atom is 0.418 e. The van der Waals surface area contributed by atoms with Crippen molar-refractivity contribution in [1.82, 2.24) is 35.6 Å². The van der Waals surface area contributed by atoms with Crippen molar-refractivity contribution in [2.75, 3.05) is 36.4 Å². The highest BCUT2D eigenvalue weighted by atomic mass is 19.4. The number of aromatic nitrogens is 3. The Labute approximate surface area is 337 Å². The number of aryl methyl sites for hydroxylation is 1. The molecule has 312 valence electrons. The van der Waals surface area contributed by atoms with Crippen LogP contribution in [-0.2, 0) is 33.5 Å². The molecular formula is C40H45F3N10O6. The minimum Gasteiger partial charge on any atom is -0.368 e. The van der Waals surface area contributed by atoms with Gasteiger partial charge in [-0.3, -0.25) is 24.5 Å². The molecule has 3 aromatic rings. The molecule has 3 aliphatic heterocycles. The summed E-state index contributed by atoms with van der Waals surface area (Å²) < 4.78 is 47.8. The second-order valence-corrected chi connectivity index (χ2v) is 15.2. The SMILES string of the molecule is C/C(=C(\C=N)NC(=O)Nc1cnc(-c2noc(CCCCC(=O)N3CCN(c4ccc5c(c4)CN(C4CCC(=O)NC4=O)C5=O)CC3)n2)c(C(F)(F)F)c1)C1CCCC1. The first kappa shape index (κ1) is 41.0. The maximum atomic E-state index is 14.2. The smallest absolute Gasteiger partial charge is 0.368 e. The molecule has 4 aliphatic rings. The maximum absolute atomic E-state index is 14.2. The molecular weight excluding hydrogens is 773 g/mol. The van der Waals surface area contributed by atoms with Gasteiger partial charge in [0.05, 0.1) is 23.1 Å². The van der Waals surface area contributed by atoms with Crippen LogP contribution < -0.4 is 20.9 Å². The fourth-order valence-corrected chi connectivity index (χ4v) is 8.17. The molecule has 19 heteroatoms. The first-order valence-electron chi connectivity index (χ1n) is 19.8. The summed E-state index contributed by atoms with van der Waals surface area (Å²) in [5.41, 5.74) is 1.47. The number of alkyl halides is 3. The van der Waals surface area contributed by atoms with Gasteiger partial charge in [-0.1, -0.05) is 18.0 Å². The average molecular weight is 819 g/mol. The standard InChI is InChI=1S/C40H45F3N10O6/c1-23(24-6-2-3-7-24)30(20-44)47-39(58)46-26-19-29(40(41,42)43)35(45-21-26)36-49-33(59-50-36)8-4-5-9-34(55)52-16-14-51(15-17-52)27-10-11-28-25(18-27)22-53(38(28)57)31-12-13-32(54)48-37(31)56/h10-11,18-21,24,31,44H,2-9,12-17,22H2,1H3,(H2,46,47,58)(H,48,54,56)/b30-23-,44-20?. The lowest BCUT2D eigenvalue weighted by molar-refractivity contribution is -0.138. The van der Waals surface area contributed by atoms with Crippen molar-refractivity contribution >= 4 is 47.2 Å². The molecule has 1 aliphatic carbocycles. The van der Waals surface area contributed by atoms with Gasteiger partial charge in [0.2, 0.25) is 29.4 Å². The molecule has 0 spiro atoms. The Kier molecular flexibility index (Phi) is 12.1. The van der Waals surface area contributed by atoms with E-state index in [1.165, 1.54) is 4.90 Å². The van der Waals surface area contributed by atoms with Crippen LogP contribution in [0.2, 0.25) is 0 Å². The Balaban J connectivity index is 0.871. The first-order valence-corrected chi connectivity index (χ1v) is 19.8. The van der Waals surface area contributed by atoms with Crippen LogP contribution in [0.15, 0.2) is 46.3 Å². The van der Waals surface area contributed by atoms with Gasteiger partial charge in [-0.15, -0.1) is 0 Å². The summed E-state index contributed by atoms with van der Waals surface area (Å²) in [5, 5.41) is 18.7. The quantitative estimate of drug-likeness (QED) is 0.107. The van der Waals surface area contributed by atoms with E-state index in [1.54, 1.807) is 11.0 Å². The van der Waals surface area contributed by atoms with E-state index < -0.39 is 35.4 Å². The lowest BCUT2D eigenvalue weighted by atomic mass is 9.97. The molecule has 16 nitrogen and oxygen atoms in total. The summed E-state index contributed by atoms with van der Waals surface area (Å²) in [6, 6.07) is 4.83. The molecule has 1 aromatic carbocycles. The Hall–Kier alpha value is -6.14. The van der Waals surface area contributed by atoms with Crippen LogP contribution in [0.5, 0.6) is 0 Å². The summed E-state index contributed by atoms with van der Waals surface area (Å²) >= 11 is 0. The molecule has 1 saturated carbocycles. The number of unbranched alkanes of at least 4 members (excludes halogenated alkanes) is 1. The highest BCUT2D eigenvalue weighted by Crippen LogP contribution is 2.37. The minimum absolute atomic E-state index is 0.0225. The number of amides is 6. The van der Waals surface area contributed by atoms with E-state index in [0.717, 1.165) is 61.0 Å². The zero-order valence-electron chi connectivity index (χ0n) is 32.5. The predicted octanol–water partition coefficient (Wildman–Crippen LogP) is 5.21. The Bertz CT molecular complexity index is 2170. The van der Waals surface area contributed by atoms with Crippen LogP contribution in [0, 0.1) is 11.3 Å². The van der Waals surface area contributed by atoms with Crippen molar-refractivity contribution in [2.24, 2.45) is 5.92 Å². The first-order chi connectivity index (χ1) is 28.3. The van der Waals surface area contributed by atoms with Gasteiger partial charge in [-0.2, -0.15) is 18.2 Å². The van der Waals surface area contributed by atoms with Crippen LogP contribution in [-0.4, -0.2) is 93.0 Å². The number of anilines is 2. The molecule has 4 N–H and O–H groups in total. The molecule has 2 aromatic heterocycles. The van der Waals surface area contributed by atoms with Crippen LogP contribution in [0.4, 0.5) is 29.3 Å². The lowest BCUT2D eigenvalue weighted by Gasteiger charge is -2.36. The molecule has 1 atom stereocenters. The van der Waals surface area contributed by atoms with Gasteiger partial charge in [0.25, 0.3) is 5.91 Å². The number of nitrogens with zero attached hydrogens (tertiary/aromatic N) is 6. The van der Waals surface area contributed by atoms with Gasteiger partial charge < -0.3 is 35.3 Å². The molecule has 5 heterocycles. The second kappa shape index (κ2) is 17.4. The summed E-state index contributed by atoms with van der Waals surface area (Å²) in [6.45, 7) is 4.29. The third-order valence-corrected chi connectivity index (χ3v) is 11.5. The summed E-state index contributed by atoms with van der Waals surface area (Å²) in [5.74, 6) is -1.08. The van der Waals surface area contributed by atoms with Gasteiger partial charge >= 0.3 is 12.2 Å². The van der Waals surface area contributed by atoms with Crippen molar-refractivity contribution in [3.05, 3.63) is 64.3 Å². The molecule has 6 amide bonds. The van der Waals surface area contributed by atoms with Crippen molar-refractivity contribution in [2.45, 2.75) is 89.9 Å². The number of fused-ring (bicyclic) bond motifs is 1. The molecule has 2 saturated heterocycles. The number of hydrogen-bond donors (Lipinski definition) is 4. The van der Waals surface area contributed by atoms with E-state index >= 15 is 0 Å². The fourth-order valence-electron chi connectivity index (χ4n) is 8.17. The number of halogens is 3. The van der Waals surface area contributed by atoms with Crippen LogP contribution in [0.25, 0.3) is 11.5 Å². The van der Waals surface area contributed by atoms with Crippen LogP contribution in [0.1, 0.15) is 92.1 Å². The predicted molar refractivity (Wildman–Crippen MR) is 207 cm³/mol. The number of benzene rings is 1. The number of imide groups is 1. The van der Waals surface area contributed by atoms with Gasteiger partial charge in [0.15, 0.2) is 0 Å². The molecule has 59 heavy (non-hydrogen) atoms. The summed E-state index contributed by atoms with van der Waals surface area (Å²) in [4.78, 5) is 76.3. The Morgan fingerprint density at radius 3 is 2.53 bits per heavy atom. The number of pyridine rings is 1. The van der Waals surface area contributed by atoms with E-state index in [4.69, 9.17) is 9.93 Å². The summed E-state index contributed by atoms with van der Waals surface area (Å²) in [6.07, 6.45) is 3.20. The van der Waals surface area contributed by atoms with Crippen molar-refractivity contribution < 1.29 is 41.7 Å². The fraction of sp³-hybridized carbons (Fsp3) is 0.475. The average Bonchev–Trinajstić information content (AvgIpc) is 3.99. The van der Waals surface area contributed by atoms with Crippen molar-refractivity contribution in [3.63, 3.8) is 0 Å². The number of allylic oxidation sites excluding steroid dienone is 2. The van der Waals surface area contributed by atoms with Crippen LogP contribution in [0.3, 0.4) is 0 Å². The molecule has 0 radical (unpaired) electrons. The number of piperazine rings is 1. The van der Waals surface area contributed by atoms with E-state index in [9.17, 15) is 37.1 Å². The van der Waals surface area contributed by atoms with Gasteiger partial charge in [-0.25, -0.2) is 9.78 Å². The van der Waals surface area contributed by atoms with Crippen molar-refractivity contribution in [3.8, 4) is 11.5 Å². The normalized spacial score (nSPS) is 19.1. The van der Waals surface area contributed by atoms with Crippen molar-refractivity contribution in [1.29, 1.82) is 5.41 Å². The Morgan fingerprint density at radius 2 is 1.81 bits per heavy atom. The zero-order valence-corrected chi connectivity index (χ0v) is 32.5. The number of hydrogen-bond acceptors (Lipinski definition) is 11. The zero-order chi connectivity index (χ0) is 41.8. The second-order valence-electron chi connectivity index (χ2n) is 15.2. The number of piperidine rings is 1. The number of nitrogens with one attached hydrogen (secondary N) is 4. The molecule has 0 bridgehead atoms. The van der Waals surface area contributed by atoms with Crippen LogP contribution >= 0.6 is 0 Å². The van der Waals surface area contributed by atoms with E-state index in [-0.39, 0.29) is 66.8 Å². The summed E-state index contributed by atoms with van der Waals surface area (Å²) in [7, 11) is 0. The number of carbonyl (C=O) groups is 5. The third-order valence-electron chi connectivity index (χ3n) is 11.5. The van der Waals surface area contributed by atoms with E-state index in [0.29, 0.717) is 56.7 Å². The lowest BCUT2D eigenvalue weighted by Crippen LogP contribution is -2.52. The number of urea groups is 1. The number of carbonyl (C=O) groups excluding carboxylic acids is 5. The van der Waals surface area contributed by atoms with Gasteiger partial charge in [-0.05, 0) is 80.3 Å². The van der Waals surface area contributed by atoms with E-state index in [1.807, 2.05) is 19.1 Å². The Morgan fingerprint density at radius 1 is 1.05 bits per heavy atom.